The van der Waals surface area contributed by atoms with Gasteiger partial charge < -0.3 is 10.6 Å². The zero-order valence-corrected chi connectivity index (χ0v) is 17.9. The van der Waals surface area contributed by atoms with Gasteiger partial charge in [-0.3, -0.25) is 14.5 Å². The second kappa shape index (κ2) is 10.1. The Morgan fingerprint density at radius 2 is 1.59 bits per heavy atom. The molecule has 0 aromatic heterocycles. The minimum Gasteiger partial charge on any atom is -0.340 e. The van der Waals surface area contributed by atoms with Crippen LogP contribution in [0, 0.1) is 0 Å². The van der Waals surface area contributed by atoms with Crippen LogP contribution in [0.2, 0.25) is 0 Å². The fourth-order valence-electron chi connectivity index (χ4n) is 3.92. The molecule has 5 heteroatoms. The number of hydrogen-bond donors (Lipinski definition) is 1. The molecular weight excluding hydrogens is 398 g/mol. The number of rotatable bonds is 6. The zero-order valence-electron chi connectivity index (χ0n) is 17.9. The van der Waals surface area contributed by atoms with Crippen LogP contribution < -0.4 is 10.6 Å². The van der Waals surface area contributed by atoms with E-state index in [-0.39, 0.29) is 24.4 Å². The van der Waals surface area contributed by atoms with Crippen LogP contribution in [0.15, 0.2) is 91.0 Å². The van der Waals surface area contributed by atoms with E-state index in [1.54, 1.807) is 15.9 Å². The van der Waals surface area contributed by atoms with Crippen LogP contribution in [0.1, 0.15) is 12.0 Å². The van der Waals surface area contributed by atoms with Crippen LogP contribution in [0.25, 0.3) is 17.2 Å². The maximum absolute atomic E-state index is 13.4. The summed E-state index contributed by atoms with van der Waals surface area (Å²) in [7, 11) is 0. The van der Waals surface area contributed by atoms with Crippen molar-refractivity contribution in [3.63, 3.8) is 0 Å². The predicted molar refractivity (Wildman–Crippen MR) is 129 cm³/mol. The van der Waals surface area contributed by atoms with Crippen molar-refractivity contribution in [2.45, 2.75) is 12.5 Å². The fourth-order valence-corrected chi connectivity index (χ4v) is 3.92. The average molecular weight is 426 g/mol. The van der Waals surface area contributed by atoms with Crippen LogP contribution in [0.5, 0.6) is 0 Å². The molecule has 1 heterocycles. The molecule has 32 heavy (non-hydrogen) atoms. The minimum absolute atomic E-state index is 0.00215. The SMILES string of the molecule is NC1CCN(C(=O)CN(C(=O)/C=C/c2ccccc2)c2ccccc2-c2ccccc2)C1. The molecule has 4 rings (SSSR count). The molecule has 1 aliphatic heterocycles. The highest BCUT2D eigenvalue weighted by molar-refractivity contribution is 6.08. The molecule has 5 nitrogen and oxygen atoms in total. The van der Waals surface area contributed by atoms with E-state index in [0.717, 1.165) is 23.1 Å². The molecule has 2 amide bonds. The van der Waals surface area contributed by atoms with E-state index in [9.17, 15) is 9.59 Å². The number of amides is 2. The Labute approximate surface area is 188 Å². The number of benzene rings is 3. The molecule has 0 aliphatic carbocycles. The Hall–Kier alpha value is -3.70. The summed E-state index contributed by atoms with van der Waals surface area (Å²) in [5, 5.41) is 0. The van der Waals surface area contributed by atoms with Gasteiger partial charge in [-0.15, -0.1) is 0 Å². The Morgan fingerprint density at radius 1 is 0.938 bits per heavy atom. The van der Waals surface area contributed by atoms with E-state index < -0.39 is 0 Å². The largest absolute Gasteiger partial charge is 0.340 e. The summed E-state index contributed by atoms with van der Waals surface area (Å²) >= 11 is 0. The van der Waals surface area contributed by atoms with Crippen molar-refractivity contribution in [2.75, 3.05) is 24.5 Å². The number of likely N-dealkylation sites (tertiary alicyclic amines) is 1. The molecule has 1 aliphatic rings. The first kappa shape index (κ1) is 21.5. The molecule has 1 saturated heterocycles. The number of nitrogens with two attached hydrogens (primary N) is 1. The van der Waals surface area contributed by atoms with E-state index in [1.807, 2.05) is 84.9 Å². The van der Waals surface area contributed by atoms with Crippen LogP contribution >= 0.6 is 0 Å². The summed E-state index contributed by atoms with van der Waals surface area (Å²) in [6.07, 6.45) is 4.09. The lowest BCUT2D eigenvalue weighted by atomic mass is 10.0. The number of nitrogens with zero attached hydrogens (tertiary/aromatic N) is 2. The van der Waals surface area contributed by atoms with Crippen LogP contribution in [-0.4, -0.2) is 42.4 Å². The van der Waals surface area contributed by atoms with Crippen molar-refractivity contribution in [1.29, 1.82) is 0 Å². The third kappa shape index (κ3) is 5.13. The van der Waals surface area contributed by atoms with Crippen molar-refractivity contribution in [2.24, 2.45) is 5.73 Å². The van der Waals surface area contributed by atoms with Crippen molar-refractivity contribution in [1.82, 2.24) is 4.90 Å². The van der Waals surface area contributed by atoms with Crippen molar-refractivity contribution in [3.8, 4) is 11.1 Å². The van der Waals surface area contributed by atoms with Crippen molar-refractivity contribution >= 4 is 23.6 Å². The minimum atomic E-state index is -0.242. The lowest BCUT2D eigenvalue weighted by Crippen LogP contribution is -2.42. The molecule has 3 aromatic carbocycles. The molecule has 1 atom stereocenters. The summed E-state index contributed by atoms with van der Waals surface area (Å²) < 4.78 is 0. The van der Waals surface area contributed by atoms with Gasteiger partial charge in [0.15, 0.2) is 0 Å². The van der Waals surface area contributed by atoms with Crippen LogP contribution in [-0.2, 0) is 9.59 Å². The number of carbonyl (C=O) groups is 2. The molecule has 0 spiro atoms. The van der Waals surface area contributed by atoms with Gasteiger partial charge in [0.1, 0.15) is 6.54 Å². The van der Waals surface area contributed by atoms with E-state index in [1.165, 1.54) is 6.08 Å². The van der Waals surface area contributed by atoms with Gasteiger partial charge in [-0.25, -0.2) is 0 Å². The summed E-state index contributed by atoms with van der Waals surface area (Å²) in [6.45, 7) is 1.12. The normalized spacial score (nSPS) is 15.8. The second-order valence-corrected chi connectivity index (χ2v) is 7.94. The highest BCUT2D eigenvalue weighted by Crippen LogP contribution is 2.31. The topological polar surface area (TPSA) is 66.6 Å². The molecule has 2 N–H and O–H groups in total. The third-order valence-corrected chi connectivity index (χ3v) is 5.63. The van der Waals surface area contributed by atoms with Crippen LogP contribution in [0.4, 0.5) is 5.69 Å². The Morgan fingerprint density at radius 3 is 2.28 bits per heavy atom. The highest BCUT2D eigenvalue weighted by atomic mass is 16.2. The van der Waals surface area contributed by atoms with E-state index in [0.29, 0.717) is 18.8 Å². The number of anilines is 1. The quantitative estimate of drug-likeness (QED) is 0.608. The van der Waals surface area contributed by atoms with Gasteiger partial charge in [-0.05, 0) is 29.7 Å². The Kier molecular flexibility index (Phi) is 6.78. The number of carbonyl (C=O) groups excluding carboxylic acids is 2. The van der Waals surface area contributed by atoms with Gasteiger partial charge >= 0.3 is 0 Å². The summed E-state index contributed by atoms with van der Waals surface area (Å²) in [5.41, 5.74) is 9.52. The van der Waals surface area contributed by atoms with Gasteiger partial charge in [-0.1, -0.05) is 78.9 Å². The Balaban J connectivity index is 1.67. The van der Waals surface area contributed by atoms with Crippen molar-refractivity contribution < 1.29 is 9.59 Å². The van der Waals surface area contributed by atoms with Gasteiger partial charge in [-0.2, -0.15) is 0 Å². The lowest BCUT2D eigenvalue weighted by Gasteiger charge is -2.26. The van der Waals surface area contributed by atoms with Gasteiger partial charge in [0.2, 0.25) is 5.91 Å². The van der Waals surface area contributed by atoms with Gasteiger partial charge in [0, 0.05) is 30.8 Å². The molecule has 3 aromatic rings. The van der Waals surface area contributed by atoms with Crippen LogP contribution in [0.3, 0.4) is 0 Å². The maximum atomic E-state index is 13.4. The second-order valence-electron chi connectivity index (χ2n) is 7.94. The molecule has 162 valence electrons. The van der Waals surface area contributed by atoms with E-state index in [4.69, 9.17) is 5.73 Å². The highest BCUT2D eigenvalue weighted by Gasteiger charge is 2.27. The summed E-state index contributed by atoms with van der Waals surface area (Å²) in [4.78, 5) is 29.7. The van der Waals surface area contributed by atoms with Gasteiger partial charge in [0.25, 0.3) is 5.91 Å². The first-order valence-corrected chi connectivity index (χ1v) is 10.8. The van der Waals surface area contributed by atoms with Crippen molar-refractivity contribution in [3.05, 3.63) is 96.6 Å². The van der Waals surface area contributed by atoms with E-state index in [2.05, 4.69) is 0 Å². The first-order chi connectivity index (χ1) is 15.6. The smallest absolute Gasteiger partial charge is 0.251 e. The summed E-state index contributed by atoms with van der Waals surface area (Å²) in [5.74, 6) is -0.337. The molecule has 1 fully saturated rings. The average Bonchev–Trinajstić information content (AvgIpc) is 3.28. The number of hydrogen-bond acceptors (Lipinski definition) is 3. The monoisotopic (exact) mass is 425 g/mol. The molecular formula is C27H27N3O2. The Bertz CT molecular complexity index is 1100. The fraction of sp³-hybridized carbons (Fsp3) is 0.185. The maximum Gasteiger partial charge on any atom is 0.251 e. The zero-order chi connectivity index (χ0) is 22.3. The predicted octanol–water partition coefficient (Wildman–Crippen LogP) is 3.96. The lowest BCUT2D eigenvalue weighted by molar-refractivity contribution is -0.130. The van der Waals surface area contributed by atoms with Gasteiger partial charge in [0.05, 0.1) is 5.69 Å². The standard InChI is InChI=1S/C27H27N3O2/c28-23-17-18-29(19-23)27(32)20-30(26(31)16-15-21-9-3-1-4-10-21)25-14-8-7-13-24(25)22-11-5-2-6-12-22/h1-16,23H,17-20,28H2/b16-15+. The number of para-hydroxylation sites is 1. The molecule has 1 unspecified atom stereocenters. The molecule has 0 bridgehead atoms. The third-order valence-electron chi connectivity index (χ3n) is 5.63. The first-order valence-electron chi connectivity index (χ1n) is 10.8. The van der Waals surface area contributed by atoms with E-state index >= 15 is 0 Å². The molecule has 0 saturated carbocycles. The molecule has 0 radical (unpaired) electrons. The summed E-state index contributed by atoms with van der Waals surface area (Å²) in [6, 6.07) is 27.2.